The largest absolute Gasteiger partial charge is 0.493 e. The lowest BCUT2D eigenvalue weighted by atomic mass is 9.90. The lowest BCUT2D eigenvalue weighted by Gasteiger charge is -2.27. The molecule has 3 nitrogen and oxygen atoms in total. The first kappa shape index (κ1) is 13.2. The highest BCUT2D eigenvalue weighted by molar-refractivity contribution is 5.43. The number of benzene rings is 1. The fourth-order valence-electron chi connectivity index (χ4n) is 2.57. The van der Waals surface area contributed by atoms with Gasteiger partial charge in [-0.1, -0.05) is 6.07 Å². The second kappa shape index (κ2) is 6.10. The minimum atomic E-state index is 0.673. The molecule has 0 bridgehead atoms. The van der Waals surface area contributed by atoms with Crippen molar-refractivity contribution in [2.75, 3.05) is 20.8 Å². The molecular weight excluding hydrogens is 226 g/mol. The summed E-state index contributed by atoms with van der Waals surface area (Å²) in [5, 5.41) is 3.55. The van der Waals surface area contributed by atoms with Crippen LogP contribution < -0.4 is 14.8 Å². The predicted octanol–water partition coefficient (Wildman–Crippen LogP) is 2.63. The summed E-state index contributed by atoms with van der Waals surface area (Å²) in [4.78, 5) is 0. The van der Waals surface area contributed by atoms with Gasteiger partial charge in [0.05, 0.1) is 14.2 Å². The molecule has 0 spiro atoms. The number of ether oxygens (including phenoxy) is 2. The lowest BCUT2D eigenvalue weighted by molar-refractivity contribution is 0.321. The smallest absolute Gasteiger partial charge is 0.160 e. The molecule has 0 aromatic heterocycles. The van der Waals surface area contributed by atoms with Crippen LogP contribution in [0.15, 0.2) is 18.2 Å². The molecule has 0 amide bonds. The average molecular weight is 249 g/mol. The van der Waals surface area contributed by atoms with Crippen LogP contribution in [0.25, 0.3) is 0 Å². The molecule has 1 N–H and O–H groups in total. The molecule has 1 aliphatic rings. The van der Waals surface area contributed by atoms with E-state index in [1.54, 1.807) is 14.2 Å². The van der Waals surface area contributed by atoms with Crippen LogP contribution in [0.2, 0.25) is 0 Å². The van der Waals surface area contributed by atoms with E-state index in [9.17, 15) is 0 Å². The van der Waals surface area contributed by atoms with Gasteiger partial charge in [-0.15, -0.1) is 0 Å². The van der Waals surface area contributed by atoms with Gasteiger partial charge in [0.2, 0.25) is 0 Å². The first-order valence-electron chi connectivity index (χ1n) is 6.67. The number of rotatable bonds is 4. The van der Waals surface area contributed by atoms with Crippen LogP contribution in [0.1, 0.15) is 25.3 Å². The Kier molecular flexibility index (Phi) is 4.48. The fourth-order valence-corrected chi connectivity index (χ4v) is 2.57. The molecule has 0 aliphatic carbocycles. The summed E-state index contributed by atoms with van der Waals surface area (Å²) in [5.74, 6) is 2.36. The van der Waals surface area contributed by atoms with Crippen molar-refractivity contribution in [1.29, 1.82) is 0 Å². The summed E-state index contributed by atoms with van der Waals surface area (Å²) in [5.41, 5.74) is 1.33. The second-order valence-electron chi connectivity index (χ2n) is 5.15. The fraction of sp³-hybridized carbons (Fsp3) is 0.600. The first-order valence-corrected chi connectivity index (χ1v) is 6.67. The molecule has 1 fully saturated rings. The molecule has 100 valence electrons. The Morgan fingerprint density at radius 1 is 1.17 bits per heavy atom. The summed E-state index contributed by atoms with van der Waals surface area (Å²) in [7, 11) is 3.36. The van der Waals surface area contributed by atoms with Gasteiger partial charge in [-0.05, 0) is 56.3 Å². The van der Waals surface area contributed by atoms with Crippen LogP contribution >= 0.6 is 0 Å². The summed E-state index contributed by atoms with van der Waals surface area (Å²) < 4.78 is 10.6. The Balaban J connectivity index is 2.01. The van der Waals surface area contributed by atoms with E-state index in [1.807, 2.05) is 6.07 Å². The molecule has 1 aromatic rings. The summed E-state index contributed by atoms with van der Waals surface area (Å²) in [6.07, 6.45) is 3.69. The lowest BCUT2D eigenvalue weighted by Crippen LogP contribution is -2.37. The topological polar surface area (TPSA) is 30.5 Å². The Hall–Kier alpha value is -1.22. The average Bonchev–Trinajstić information content (AvgIpc) is 2.41. The van der Waals surface area contributed by atoms with Gasteiger partial charge in [0.15, 0.2) is 11.5 Å². The number of nitrogens with one attached hydrogen (secondary N) is 1. The van der Waals surface area contributed by atoms with E-state index in [2.05, 4.69) is 24.4 Å². The van der Waals surface area contributed by atoms with Gasteiger partial charge < -0.3 is 14.8 Å². The molecule has 1 heterocycles. The van der Waals surface area contributed by atoms with Gasteiger partial charge in [-0.25, -0.2) is 0 Å². The highest BCUT2D eigenvalue weighted by Gasteiger charge is 2.18. The third-order valence-electron chi connectivity index (χ3n) is 3.74. The Morgan fingerprint density at radius 2 is 1.94 bits per heavy atom. The van der Waals surface area contributed by atoms with Crippen LogP contribution in [0, 0.1) is 5.92 Å². The maximum atomic E-state index is 5.34. The van der Waals surface area contributed by atoms with E-state index >= 15 is 0 Å². The van der Waals surface area contributed by atoms with E-state index in [1.165, 1.54) is 18.4 Å². The van der Waals surface area contributed by atoms with Crippen LogP contribution in [0.3, 0.4) is 0 Å². The monoisotopic (exact) mass is 249 g/mol. The minimum absolute atomic E-state index is 0.673. The molecule has 1 saturated heterocycles. The van der Waals surface area contributed by atoms with Gasteiger partial charge in [0.1, 0.15) is 0 Å². The summed E-state index contributed by atoms with van der Waals surface area (Å²) in [6, 6.07) is 6.90. The SMILES string of the molecule is COc1ccc(CC2CCC(C)NC2)cc1OC. The highest BCUT2D eigenvalue weighted by atomic mass is 16.5. The van der Waals surface area contributed by atoms with Gasteiger partial charge in [-0.2, -0.15) is 0 Å². The van der Waals surface area contributed by atoms with Crippen LogP contribution in [-0.2, 0) is 6.42 Å². The predicted molar refractivity (Wildman–Crippen MR) is 73.4 cm³/mol. The number of hydrogen-bond donors (Lipinski definition) is 1. The molecule has 2 unspecified atom stereocenters. The van der Waals surface area contributed by atoms with Crippen LogP contribution in [-0.4, -0.2) is 26.8 Å². The van der Waals surface area contributed by atoms with Crippen molar-refractivity contribution in [2.45, 2.75) is 32.2 Å². The van der Waals surface area contributed by atoms with Crippen molar-refractivity contribution in [3.8, 4) is 11.5 Å². The normalized spacial score (nSPS) is 23.7. The number of methoxy groups -OCH3 is 2. The summed E-state index contributed by atoms with van der Waals surface area (Å²) >= 11 is 0. The minimum Gasteiger partial charge on any atom is -0.493 e. The van der Waals surface area contributed by atoms with E-state index in [-0.39, 0.29) is 0 Å². The molecule has 2 atom stereocenters. The molecule has 18 heavy (non-hydrogen) atoms. The van der Waals surface area contributed by atoms with Crippen molar-refractivity contribution in [3.63, 3.8) is 0 Å². The van der Waals surface area contributed by atoms with E-state index < -0.39 is 0 Å². The third kappa shape index (κ3) is 3.16. The van der Waals surface area contributed by atoms with Crippen molar-refractivity contribution >= 4 is 0 Å². The van der Waals surface area contributed by atoms with Gasteiger partial charge >= 0.3 is 0 Å². The van der Waals surface area contributed by atoms with Crippen molar-refractivity contribution < 1.29 is 9.47 Å². The zero-order chi connectivity index (χ0) is 13.0. The zero-order valence-electron chi connectivity index (χ0n) is 11.5. The van der Waals surface area contributed by atoms with E-state index in [0.29, 0.717) is 6.04 Å². The first-order chi connectivity index (χ1) is 8.72. The van der Waals surface area contributed by atoms with Crippen LogP contribution in [0.4, 0.5) is 0 Å². The van der Waals surface area contributed by atoms with Gasteiger partial charge in [0.25, 0.3) is 0 Å². The molecule has 0 saturated carbocycles. The Bertz CT molecular complexity index is 384. The maximum absolute atomic E-state index is 5.34. The molecule has 0 radical (unpaired) electrons. The quantitative estimate of drug-likeness (QED) is 0.890. The third-order valence-corrected chi connectivity index (χ3v) is 3.74. The highest BCUT2D eigenvalue weighted by Crippen LogP contribution is 2.29. The number of hydrogen-bond acceptors (Lipinski definition) is 3. The Morgan fingerprint density at radius 3 is 2.56 bits per heavy atom. The van der Waals surface area contributed by atoms with Crippen molar-refractivity contribution in [2.24, 2.45) is 5.92 Å². The van der Waals surface area contributed by atoms with E-state index in [0.717, 1.165) is 30.4 Å². The standard InChI is InChI=1S/C15H23NO2/c1-11-4-5-13(10-16-11)8-12-6-7-14(17-2)15(9-12)18-3/h6-7,9,11,13,16H,4-5,8,10H2,1-3H3. The van der Waals surface area contributed by atoms with Crippen LogP contribution in [0.5, 0.6) is 11.5 Å². The molecule has 1 aromatic carbocycles. The maximum Gasteiger partial charge on any atom is 0.160 e. The van der Waals surface area contributed by atoms with Crippen molar-refractivity contribution in [3.05, 3.63) is 23.8 Å². The number of piperidine rings is 1. The second-order valence-corrected chi connectivity index (χ2v) is 5.15. The zero-order valence-corrected chi connectivity index (χ0v) is 11.5. The molecule has 1 aliphatic heterocycles. The van der Waals surface area contributed by atoms with Gasteiger partial charge in [-0.3, -0.25) is 0 Å². The summed E-state index contributed by atoms with van der Waals surface area (Å²) in [6.45, 7) is 3.38. The molecular formula is C15H23NO2. The molecule has 3 heteroatoms. The van der Waals surface area contributed by atoms with E-state index in [4.69, 9.17) is 9.47 Å². The Labute approximate surface area is 109 Å². The molecule has 2 rings (SSSR count). The van der Waals surface area contributed by atoms with Gasteiger partial charge in [0, 0.05) is 6.04 Å². The van der Waals surface area contributed by atoms with Crippen molar-refractivity contribution in [1.82, 2.24) is 5.32 Å².